The van der Waals surface area contributed by atoms with Crippen molar-refractivity contribution < 1.29 is 19.1 Å². The zero-order chi connectivity index (χ0) is 20.4. The van der Waals surface area contributed by atoms with E-state index >= 15 is 0 Å². The second kappa shape index (κ2) is 11.3. The second-order valence-corrected chi connectivity index (χ2v) is 7.20. The van der Waals surface area contributed by atoms with Gasteiger partial charge in [-0.15, -0.1) is 0 Å². The number of aryl methyl sites for hydroxylation is 1. The Hall–Kier alpha value is -2.54. The molecule has 0 atom stereocenters. The van der Waals surface area contributed by atoms with Crippen molar-refractivity contribution in [2.75, 3.05) is 13.2 Å². The van der Waals surface area contributed by atoms with Gasteiger partial charge in [-0.1, -0.05) is 35.7 Å². The molecule has 2 aromatic rings. The van der Waals surface area contributed by atoms with Crippen LogP contribution in [0.5, 0.6) is 11.5 Å². The number of ether oxygens (including phenoxy) is 2. The number of rotatable bonds is 9. The molecule has 0 radical (unpaired) electrons. The number of hydrazine groups is 1. The first-order valence-corrected chi connectivity index (χ1v) is 10.00. The van der Waals surface area contributed by atoms with Crippen molar-refractivity contribution in [2.24, 2.45) is 0 Å². The van der Waals surface area contributed by atoms with Crippen molar-refractivity contribution in [1.29, 1.82) is 0 Å². The Labute approximate surface area is 173 Å². The lowest BCUT2D eigenvalue weighted by molar-refractivity contribution is -0.123. The van der Waals surface area contributed by atoms with Crippen LogP contribution >= 0.6 is 15.9 Å². The molecule has 0 heterocycles. The van der Waals surface area contributed by atoms with Crippen LogP contribution in [0.3, 0.4) is 0 Å². The molecule has 0 saturated carbocycles. The van der Waals surface area contributed by atoms with Crippen LogP contribution in [0, 0.1) is 6.92 Å². The van der Waals surface area contributed by atoms with E-state index in [1.165, 1.54) is 0 Å². The number of carbonyl (C=O) groups is 2. The van der Waals surface area contributed by atoms with E-state index in [4.69, 9.17) is 9.47 Å². The number of amides is 2. The standard InChI is InChI=1S/C21H25BrN2O4/c1-3-4-5-12-27-18-9-6-16(7-10-18)21(26)24-23-20(25)14-28-19-11-8-17(22)13-15(19)2/h6-11,13H,3-5,12,14H2,1-2H3,(H,23,25)(H,24,26). The molecule has 0 aliphatic rings. The molecule has 6 nitrogen and oxygen atoms in total. The molecule has 0 fully saturated rings. The maximum Gasteiger partial charge on any atom is 0.276 e. The fourth-order valence-electron chi connectivity index (χ4n) is 2.40. The highest BCUT2D eigenvalue weighted by atomic mass is 79.9. The van der Waals surface area contributed by atoms with Gasteiger partial charge in [-0.25, -0.2) is 0 Å². The summed E-state index contributed by atoms with van der Waals surface area (Å²) in [5.74, 6) is 0.464. The summed E-state index contributed by atoms with van der Waals surface area (Å²) in [6.45, 7) is 4.48. The molecule has 2 aromatic carbocycles. The number of hydrogen-bond donors (Lipinski definition) is 2. The summed E-state index contributed by atoms with van der Waals surface area (Å²) in [4.78, 5) is 24.0. The molecule has 0 aliphatic carbocycles. The lowest BCUT2D eigenvalue weighted by atomic mass is 10.2. The number of nitrogens with one attached hydrogen (secondary N) is 2. The van der Waals surface area contributed by atoms with Crippen molar-refractivity contribution in [1.82, 2.24) is 10.9 Å². The smallest absolute Gasteiger partial charge is 0.276 e. The number of hydrogen-bond acceptors (Lipinski definition) is 4. The Kier molecular flexibility index (Phi) is 8.81. The molecule has 28 heavy (non-hydrogen) atoms. The number of carbonyl (C=O) groups excluding carboxylic acids is 2. The summed E-state index contributed by atoms with van der Waals surface area (Å²) in [6.07, 6.45) is 3.28. The first-order valence-electron chi connectivity index (χ1n) is 9.20. The largest absolute Gasteiger partial charge is 0.494 e. The van der Waals surface area contributed by atoms with Gasteiger partial charge in [-0.05, 0) is 61.4 Å². The molecule has 150 valence electrons. The SMILES string of the molecule is CCCCCOc1ccc(C(=O)NNC(=O)COc2ccc(Br)cc2C)cc1. The van der Waals surface area contributed by atoms with E-state index in [1.807, 2.05) is 19.1 Å². The molecule has 0 unspecified atom stereocenters. The van der Waals surface area contributed by atoms with Crippen LogP contribution in [0.25, 0.3) is 0 Å². The maximum atomic E-state index is 12.1. The number of unbranched alkanes of at least 4 members (excludes halogenated alkanes) is 2. The molecule has 2 amide bonds. The van der Waals surface area contributed by atoms with E-state index in [0.717, 1.165) is 35.0 Å². The van der Waals surface area contributed by atoms with Crippen LogP contribution in [0.2, 0.25) is 0 Å². The second-order valence-electron chi connectivity index (χ2n) is 6.28. The van der Waals surface area contributed by atoms with Crippen molar-refractivity contribution >= 4 is 27.7 Å². The zero-order valence-corrected chi connectivity index (χ0v) is 17.7. The summed E-state index contributed by atoms with van der Waals surface area (Å²) in [7, 11) is 0. The molecule has 7 heteroatoms. The van der Waals surface area contributed by atoms with E-state index in [-0.39, 0.29) is 6.61 Å². The van der Waals surface area contributed by atoms with Gasteiger partial charge in [-0.3, -0.25) is 20.4 Å². The van der Waals surface area contributed by atoms with Crippen LogP contribution in [0.1, 0.15) is 42.1 Å². The van der Waals surface area contributed by atoms with Gasteiger partial charge in [0.25, 0.3) is 11.8 Å². The van der Waals surface area contributed by atoms with Gasteiger partial charge in [0, 0.05) is 10.0 Å². The minimum absolute atomic E-state index is 0.201. The van der Waals surface area contributed by atoms with Crippen LogP contribution in [-0.2, 0) is 4.79 Å². The van der Waals surface area contributed by atoms with Crippen molar-refractivity contribution in [2.45, 2.75) is 33.1 Å². The highest BCUT2D eigenvalue weighted by Crippen LogP contribution is 2.21. The van der Waals surface area contributed by atoms with Crippen molar-refractivity contribution in [3.05, 3.63) is 58.1 Å². The van der Waals surface area contributed by atoms with E-state index in [1.54, 1.807) is 30.3 Å². The van der Waals surface area contributed by atoms with Gasteiger partial charge in [-0.2, -0.15) is 0 Å². The van der Waals surface area contributed by atoms with Crippen molar-refractivity contribution in [3.8, 4) is 11.5 Å². The molecule has 2 rings (SSSR count). The number of benzene rings is 2. The van der Waals surface area contributed by atoms with Gasteiger partial charge in [0.05, 0.1) is 6.61 Å². The predicted molar refractivity (Wildman–Crippen MR) is 111 cm³/mol. The van der Waals surface area contributed by atoms with Crippen LogP contribution in [-0.4, -0.2) is 25.0 Å². The molecule has 0 aromatic heterocycles. The Morgan fingerprint density at radius 3 is 2.43 bits per heavy atom. The Morgan fingerprint density at radius 1 is 1.00 bits per heavy atom. The quantitative estimate of drug-likeness (QED) is 0.445. The summed E-state index contributed by atoms with van der Waals surface area (Å²) in [5.41, 5.74) is 6.04. The minimum atomic E-state index is -0.452. The maximum absolute atomic E-state index is 12.1. The average Bonchev–Trinajstić information content (AvgIpc) is 2.69. The van der Waals surface area contributed by atoms with Crippen molar-refractivity contribution in [3.63, 3.8) is 0 Å². The van der Waals surface area contributed by atoms with Gasteiger partial charge in [0.15, 0.2) is 6.61 Å². The van der Waals surface area contributed by atoms with Crippen LogP contribution in [0.4, 0.5) is 0 Å². The third kappa shape index (κ3) is 7.23. The summed E-state index contributed by atoms with van der Waals surface area (Å²) >= 11 is 3.37. The Bertz CT molecular complexity index is 793. The van der Waals surface area contributed by atoms with Crippen LogP contribution < -0.4 is 20.3 Å². The summed E-state index contributed by atoms with van der Waals surface area (Å²) in [5, 5.41) is 0. The topological polar surface area (TPSA) is 76.7 Å². The van der Waals surface area contributed by atoms with Gasteiger partial charge < -0.3 is 9.47 Å². The Morgan fingerprint density at radius 2 is 1.75 bits per heavy atom. The van der Waals surface area contributed by atoms with E-state index in [0.29, 0.717) is 17.9 Å². The van der Waals surface area contributed by atoms with Gasteiger partial charge in [0.1, 0.15) is 11.5 Å². The third-order valence-electron chi connectivity index (χ3n) is 3.94. The highest BCUT2D eigenvalue weighted by Gasteiger charge is 2.09. The molecular weight excluding hydrogens is 424 g/mol. The first-order chi connectivity index (χ1) is 13.5. The molecule has 0 spiro atoms. The van der Waals surface area contributed by atoms with Gasteiger partial charge >= 0.3 is 0 Å². The summed E-state index contributed by atoms with van der Waals surface area (Å²) < 4.78 is 12.0. The van der Waals surface area contributed by atoms with Gasteiger partial charge in [0.2, 0.25) is 0 Å². The Balaban J connectivity index is 1.74. The fourth-order valence-corrected chi connectivity index (χ4v) is 2.87. The third-order valence-corrected chi connectivity index (χ3v) is 4.44. The molecule has 0 bridgehead atoms. The molecule has 0 saturated heterocycles. The monoisotopic (exact) mass is 448 g/mol. The van der Waals surface area contributed by atoms with Crippen LogP contribution in [0.15, 0.2) is 46.9 Å². The summed E-state index contributed by atoms with van der Waals surface area (Å²) in [6, 6.07) is 12.3. The van der Waals surface area contributed by atoms with E-state index in [2.05, 4.69) is 33.7 Å². The minimum Gasteiger partial charge on any atom is -0.494 e. The fraction of sp³-hybridized carbons (Fsp3) is 0.333. The lowest BCUT2D eigenvalue weighted by Gasteiger charge is -2.11. The van der Waals surface area contributed by atoms with E-state index in [9.17, 15) is 9.59 Å². The molecule has 0 aliphatic heterocycles. The molecule has 2 N–H and O–H groups in total. The average molecular weight is 449 g/mol. The van der Waals surface area contributed by atoms with E-state index < -0.39 is 11.8 Å². The lowest BCUT2D eigenvalue weighted by Crippen LogP contribution is -2.43. The number of halogens is 1. The highest BCUT2D eigenvalue weighted by molar-refractivity contribution is 9.10. The molecular formula is C21H25BrN2O4. The normalized spacial score (nSPS) is 10.2. The predicted octanol–water partition coefficient (Wildman–Crippen LogP) is 4.17. The first kappa shape index (κ1) is 21.8. The zero-order valence-electron chi connectivity index (χ0n) is 16.1.